The Kier molecular flexibility index (Phi) is 8.12. The molecule has 114 valence electrons. The summed E-state index contributed by atoms with van der Waals surface area (Å²) in [5.41, 5.74) is 0.993. The molecule has 1 aromatic rings. The molecule has 0 saturated carbocycles. The van der Waals surface area contributed by atoms with Gasteiger partial charge in [-0.3, -0.25) is 0 Å². The number of rotatable bonds is 8. The third-order valence-corrected chi connectivity index (χ3v) is 6.79. The van der Waals surface area contributed by atoms with Crippen LogP contribution in [0.3, 0.4) is 0 Å². The number of sulfonamides is 1. The minimum absolute atomic E-state index is 0.277. The molecule has 0 atom stereocenters. The van der Waals surface area contributed by atoms with Gasteiger partial charge in [0, 0.05) is 15.5 Å². The number of aryl methyl sites for hydroxylation is 1. The Morgan fingerprint density at radius 2 is 1.85 bits per heavy atom. The molecular weight excluding hydrogens is 426 g/mol. The smallest absolute Gasteiger partial charge is 0.211 e. The molecular formula is C13H19Br2NO2S2. The highest BCUT2D eigenvalue weighted by Gasteiger charge is 2.18. The van der Waals surface area contributed by atoms with Crippen LogP contribution in [0.4, 0.5) is 0 Å². The van der Waals surface area contributed by atoms with E-state index in [4.69, 9.17) is 0 Å². The Balaban J connectivity index is 2.63. The first-order chi connectivity index (χ1) is 9.38. The van der Waals surface area contributed by atoms with Crippen LogP contribution in [-0.2, 0) is 10.0 Å². The number of halogens is 2. The maximum atomic E-state index is 12.2. The lowest BCUT2D eigenvalue weighted by Crippen LogP contribution is -2.25. The Labute approximate surface area is 142 Å². The number of thioether (sulfide) groups is 1. The molecule has 0 radical (unpaired) electrons. The van der Waals surface area contributed by atoms with Crippen LogP contribution in [0.2, 0.25) is 0 Å². The predicted molar refractivity (Wildman–Crippen MR) is 94.0 cm³/mol. The average molecular weight is 445 g/mol. The van der Waals surface area contributed by atoms with E-state index in [0.717, 1.165) is 35.1 Å². The number of nitrogens with one attached hydrogen (secondary N) is 1. The topological polar surface area (TPSA) is 46.2 Å². The van der Waals surface area contributed by atoms with Crippen molar-refractivity contribution in [3.8, 4) is 0 Å². The standard InChI is InChI=1S/C13H19Br2NO2S2/c1-10-8-12(15)13(9-11(10)14)20(17,18)16-6-4-3-5-7-19-2/h8-9,16H,3-7H2,1-2H3. The van der Waals surface area contributed by atoms with Gasteiger partial charge in [-0.2, -0.15) is 11.8 Å². The molecule has 1 aromatic carbocycles. The second kappa shape index (κ2) is 8.78. The van der Waals surface area contributed by atoms with Gasteiger partial charge in [-0.05, 0) is 65.4 Å². The molecule has 7 heteroatoms. The van der Waals surface area contributed by atoms with E-state index in [2.05, 4.69) is 42.8 Å². The number of hydrogen-bond donors (Lipinski definition) is 1. The molecule has 0 fully saturated rings. The van der Waals surface area contributed by atoms with Gasteiger partial charge in [-0.25, -0.2) is 13.1 Å². The van der Waals surface area contributed by atoms with E-state index < -0.39 is 10.0 Å². The summed E-state index contributed by atoms with van der Waals surface area (Å²) in [6, 6.07) is 3.44. The van der Waals surface area contributed by atoms with Crippen LogP contribution in [0.15, 0.2) is 26.0 Å². The van der Waals surface area contributed by atoms with E-state index in [0.29, 0.717) is 11.0 Å². The first kappa shape index (κ1) is 18.5. The molecule has 0 unspecified atom stereocenters. The first-order valence-electron chi connectivity index (χ1n) is 6.32. The summed E-state index contributed by atoms with van der Waals surface area (Å²) in [7, 11) is -3.46. The summed E-state index contributed by atoms with van der Waals surface area (Å²) in [5.74, 6) is 1.13. The fourth-order valence-corrected chi connectivity index (χ4v) is 4.91. The third-order valence-electron chi connectivity index (χ3n) is 2.82. The zero-order valence-corrected chi connectivity index (χ0v) is 16.4. The van der Waals surface area contributed by atoms with Crippen LogP contribution in [-0.4, -0.2) is 27.0 Å². The highest BCUT2D eigenvalue weighted by molar-refractivity contribution is 9.11. The largest absolute Gasteiger partial charge is 0.241 e. The molecule has 0 spiro atoms. The lowest BCUT2D eigenvalue weighted by molar-refractivity contribution is 0.575. The second-order valence-electron chi connectivity index (χ2n) is 4.48. The summed E-state index contributed by atoms with van der Waals surface area (Å²) in [4.78, 5) is 0.277. The van der Waals surface area contributed by atoms with Gasteiger partial charge in [0.05, 0.1) is 4.90 Å². The predicted octanol–water partition coefficient (Wildman–Crippen LogP) is 4.33. The Morgan fingerprint density at radius 1 is 1.15 bits per heavy atom. The van der Waals surface area contributed by atoms with Crippen molar-refractivity contribution in [2.24, 2.45) is 0 Å². The highest BCUT2D eigenvalue weighted by Crippen LogP contribution is 2.28. The van der Waals surface area contributed by atoms with E-state index in [1.807, 2.05) is 18.7 Å². The zero-order chi connectivity index (χ0) is 15.2. The molecule has 20 heavy (non-hydrogen) atoms. The highest BCUT2D eigenvalue weighted by atomic mass is 79.9. The third kappa shape index (κ3) is 5.67. The molecule has 0 bridgehead atoms. The van der Waals surface area contributed by atoms with E-state index in [1.165, 1.54) is 0 Å². The van der Waals surface area contributed by atoms with Gasteiger partial charge in [0.1, 0.15) is 0 Å². The Hall–Kier alpha value is 0.440. The second-order valence-corrected chi connectivity index (χ2v) is 8.91. The SMILES string of the molecule is CSCCCCCNS(=O)(=O)c1cc(Br)c(C)cc1Br. The molecule has 0 aliphatic rings. The molecule has 0 aliphatic heterocycles. The van der Waals surface area contributed by atoms with Crippen LogP contribution in [0, 0.1) is 6.92 Å². The molecule has 0 saturated heterocycles. The fourth-order valence-electron chi connectivity index (χ4n) is 1.67. The van der Waals surface area contributed by atoms with Crippen LogP contribution >= 0.6 is 43.6 Å². The summed E-state index contributed by atoms with van der Waals surface area (Å²) < 4.78 is 28.5. The van der Waals surface area contributed by atoms with Gasteiger partial charge in [0.15, 0.2) is 0 Å². The van der Waals surface area contributed by atoms with E-state index in [-0.39, 0.29) is 4.90 Å². The molecule has 1 rings (SSSR count). The van der Waals surface area contributed by atoms with Gasteiger partial charge in [0.25, 0.3) is 0 Å². The van der Waals surface area contributed by atoms with Crippen molar-refractivity contribution in [2.45, 2.75) is 31.1 Å². The van der Waals surface area contributed by atoms with Crippen molar-refractivity contribution < 1.29 is 8.42 Å². The number of hydrogen-bond acceptors (Lipinski definition) is 3. The van der Waals surface area contributed by atoms with Crippen molar-refractivity contribution in [3.05, 3.63) is 26.6 Å². The molecule has 0 aliphatic carbocycles. The maximum absolute atomic E-state index is 12.2. The summed E-state index contributed by atoms with van der Waals surface area (Å²) in [6.07, 6.45) is 5.12. The normalized spacial score (nSPS) is 11.8. The first-order valence-corrected chi connectivity index (χ1v) is 10.8. The maximum Gasteiger partial charge on any atom is 0.241 e. The van der Waals surface area contributed by atoms with Crippen molar-refractivity contribution in [1.82, 2.24) is 4.72 Å². The van der Waals surface area contributed by atoms with Gasteiger partial charge >= 0.3 is 0 Å². The summed E-state index contributed by atoms with van der Waals surface area (Å²) in [5, 5.41) is 0. The zero-order valence-electron chi connectivity index (χ0n) is 11.6. The van der Waals surface area contributed by atoms with Crippen LogP contribution in [0.1, 0.15) is 24.8 Å². The molecule has 3 nitrogen and oxygen atoms in total. The van der Waals surface area contributed by atoms with Gasteiger partial charge < -0.3 is 0 Å². The van der Waals surface area contributed by atoms with Crippen molar-refractivity contribution in [2.75, 3.05) is 18.6 Å². The lowest BCUT2D eigenvalue weighted by atomic mass is 10.2. The monoisotopic (exact) mass is 443 g/mol. The van der Waals surface area contributed by atoms with Crippen molar-refractivity contribution in [3.63, 3.8) is 0 Å². The van der Waals surface area contributed by atoms with Crippen LogP contribution < -0.4 is 4.72 Å². The number of unbranched alkanes of at least 4 members (excludes halogenated alkanes) is 2. The van der Waals surface area contributed by atoms with Gasteiger partial charge in [-0.15, -0.1) is 0 Å². The molecule has 0 aromatic heterocycles. The Bertz CT molecular complexity index is 548. The number of benzene rings is 1. The summed E-state index contributed by atoms with van der Waals surface area (Å²) >= 11 is 8.50. The quantitative estimate of drug-likeness (QED) is 0.606. The summed E-state index contributed by atoms with van der Waals surface area (Å²) in [6.45, 7) is 2.40. The van der Waals surface area contributed by atoms with E-state index in [1.54, 1.807) is 12.1 Å². The fraction of sp³-hybridized carbons (Fsp3) is 0.538. The van der Waals surface area contributed by atoms with Crippen LogP contribution in [0.5, 0.6) is 0 Å². The molecule has 0 heterocycles. The minimum atomic E-state index is -3.46. The van der Waals surface area contributed by atoms with Crippen molar-refractivity contribution >= 4 is 53.6 Å². The van der Waals surface area contributed by atoms with Crippen molar-refractivity contribution in [1.29, 1.82) is 0 Å². The molecule has 0 amide bonds. The van der Waals surface area contributed by atoms with Crippen LogP contribution in [0.25, 0.3) is 0 Å². The van der Waals surface area contributed by atoms with Gasteiger partial charge in [-0.1, -0.05) is 22.4 Å². The lowest BCUT2D eigenvalue weighted by Gasteiger charge is -2.10. The Morgan fingerprint density at radius 3 is 2.50 bits per heavy atom. The minimum Gasteiger partial charge on any atom is -0.211 e. The average Bonchev–Trinajstić information content (AvgIpc) is 2.37. The van der Waals surface area contributed by atoms with E-state index in [9.17, 15) is 8.42 Å². The van der Waals surface area contributed by atoms with Gasteiger partial charge in [0.2, 0.25) is 10.0 Å². The van der Waals surface area contributed by atoms with E-state index >= 15 is 0 Å². The molecule has 1 N–H and O–H groups in total.